The Kier molecular flexibility index (Phi) is 5.89. The number of rotatable bonds is 5. The number of carbonyl (C=O) groups excluding carboxylic acids is 1. The number of nitrogens with zero attached hydrogens (tertiary/aromatic N) is 4. The topological polar surface area (TPSA) is 81.9 Å². The molecule has 0 saturated heterocycles. The van der Waals surface area contributed by atoms with E-state index >= 15 is 4.39 Å². The van der Waals surface area contributed by atoms with Crippen molar-refractivity contribution in [3.8, 4) is 28.3 Å². The predicted molar refractivity (Wildman–Crippen MR) is 133 cm³/mol. The van der Waals surface area contributed by atoms with Crippen LogP contribution < -0.4 is 10.1 Å². The first kappa shape index (κ1) is 23.1. The fourth-order valence-corrected chi connectivity index (χ4v) is 4.19. The normalized spacial score (nSPS) is 11.0. The molecule has 0 saturated carbocycles. The van der Waals surface area contributed by atoms with Crippen molar-refractivity contribution in [2.24, 2.45) is 7.05 Å². The van der Waals surface area contributed by atoms with Crippen molar-refractivity contribution < 1.29 is 18.3 Å². The number of nitrogens with one attached hydrogen (secondary N) is 1. The molecule has 9 heteroatoms. The van der Waals surface area contributed by atoms with E-state index in [-0.39, 0.29) is 34.0 Å². The highest BCUT2D eigenvalue weighted by Gasteiger charge is 2.21. The lowest BCUT2D eigenvalue weighted by atomic mass is 9.95. The number of aromatic nitrogens is 4. The Morgan fingerprint density at radius 3 is 2.61 bits per heavy atom. The standard InChI is InChI=1S/C27H21F2N5O2/c1-15-7-4-5-8-16(15)23-17-14-34(2)33-25(17)19(29)13-21(23)32-27(35)20-11-12-30-26(31-20)24-18(28)9-6-10-22(24)36-3/h4-14H,1-3H3,(H,32,35). The van der Waals surface area contributed by atoms with Crippen LogP contribution in [0, 0.1) is 18.6 Å². The highest BCUT2D eigenvalue weighted by atomic mass is 19.1. The molecule has 36 heavy (non-hydrogen) atoms. The highest BCUT2D eigenvalue weighted by Crippen LogP contribution is 2.38. The molecule has 0 spiro atoms. The fourth-order valence-electron chi connectivity index (χ4n) is 4.19. The monoisotopic (exact) mass is 485 g/mol. The zero-order valence-electron chi connectivity index (χ0n) is 19.7. The van der Waals surface area contributed by atoms with Gasteiger partial charge in [0.15, 0.2) is 11.6 Å². The van der Waals surface area contributed by atoms with Crippen LogP contribution in [0.2, 0.25) is 0 Å². The molecule has 0 fully saturated rings. The summed E-state index contributed by atoms with van der Waals surface area (Å²) in [5.41, 5.74) is 2.88. The zero-order valence-corrected chi connectivity index (χ0v) is 19.7. The summed E-state index contributed by atoms with van der Waals surface area (Å²) >= 11 is 0. The summed E-state index contributed by atoms with van der Waals surface area (Å²) in [6.45, 7) is 1.94. The lowest BCUT2D eigenvalue weighted by Gasteiger charge is -2.15. The number of aryl methyl sites for hydroxylation is 2. The quantitative estimate of drug-likeness (QED) is 0.353. The van der Waals surface area contributed by atoms with Gasteiger partial charge in [-0.2, -0.15) is 5.10 Å². The number of fused-ring (bicyclic) bond motifs is 1. The Labute approximate surface area is 205 Å². The van der Waals surface area contributed by atoms with Gasteiger partial charge in [0.25, 0.3) is 5.91 Å². The summed E-state index contributed by atoms with van der Waals surface area (Å²) in [7, 11) is 3.11. The van der Waals surface area contributed by atoms with Crippen LogP contribution in [-0.2, 0) is 7.05 Å². The van der Waals surface area contributed by atoms with Gasteiger partial charge in [0.2, 0.25) is 0 Å². The van der Waals surface area contributed by atoms with Gasteiger partial charge in [-0.15, -0.1) is 0 Å². The maximum Gasteiger partial charge on any atom is 0.274 e. The van der Waals surface area contributed by atoms with Crippen molar-refractivity contribution in [2.45, 2.75) is 6.92 Å². The van der Waals surface area contributed by atoms with Gasteiger partial charge in [-0.1, -0.05) is 30.3 Å². The van der Waals surface area contributed by atoms with E-state index in [1.165, 1.54) is 42.3 Å². The van der Waals surface area contributed by atoms with Gasteiger partial charge in [-0.3, -0.25) is 9.48 Å². The number of amides is 1. The third kappa shape index (κ3) is 4.04. The lowest BCUT2D eigenvalue weighted by molar-refractivity contribution is 0.102. The molecular formula is C27H21F2N5O2. The molecule has 3 aromatic carbocycles. The van der Waals surface area contributed by atoms with Crippen molar-refractivity contribution in [1.82, 2.24) is 19.7 Å². The summed E-state index contributed by atoms with van der Waals surface area (Å²) in [6, 6.07) is 14.6. The Bertz CT molecular complexity index is 1630. The molecule has 7 nitrogen and oxygen atoms in total. The van der Waals surface area contributed by atoms with Crippen molar-refractivity contribution >= 4 is 22.5 Å². The molecule has 0 unspecified atom stereocenters. The van der Waals surface area contributed by atoms with Crippen LogP contribution in [-0.4, -0.2) is 32.8 Å². The average Bonchev–Trinajstić information content (AvgIpc) is 3.26. The van der Waals surface area contributed by atoms with Crippen molar-refractivity contribution in [2.75, 3.05) is 12.4 Å². The lowest BCUT2D eigenvalue weighted by Crippen LogP contribution is -2.15. The van der Waals surface area contributed by atoms with Gasteiger partial charge in [-0.05, 0) is 36.2 Å². The molecule has 0 radical (unpaired) electrons. The third-order valence-corrected chi connectivity index (χ3v) is 5.83. The first-order valence-electron chi connectivity index (χ1n) is 11.1. The van der Waals surface area contributed by atoms with Crippen molar-refractivity contribution in [3.05, 3.63) is 89.9 Å². The summed E-state index contributed by atoms with van der Waals surface area (Å²) in [5.74, 6) is -1.54. The Morgan fingerprint density at radius 1 is 1.03 bits per heavy atom. The fraction of sp³-hybridized carbons (Fsp3) is 0.111. The van der Waals surface area contributed by atoms with E-state index in [2.05, 4.69) is 20.4 Å². The number of hydrogen-bond donors (Lipinski definition) is 1. The van der Waals surface area contributed by atoms with E-state index in [0.29, 0.717) is 10.9 Å². The van der Waals surface area contributed by atoms with Crippen molar-refractivity contribution in [1.29, 1.82) is 0 Å². The summed E-state index contributed by atoms with van der Waals surface area (Å²) in [5, 5.41) is 7.58. The van der Waals surface area contributed by atoms with Gasteiger partial charge in [-0.25, -0.2) is 18.7 Å². The minimum Gasteiger partial charge on any atom is -0.496 e. The molecule has 0 bridgehead atoms. The van der Waals surface area contributed by atoms with Crippen LogP contribution in [0.25, 0.3) is 33.4 Å². The van der Waals surface area contributed by atoms with E-state index in [1.807, 2.05) is 31.2 Å². The van der Waals surface area contributed by atoms with Crippen molar-refractivity contribution in [3.63, 3.8) is 0 Å². The second-order valence-electron chi connectivity index (χ2n) is 8.20. The third-order valence-electron chi connectivity index (χ3n) is 5.83. The Hall–Kier alpha value is -4.66. The Morgan fingerprint density at radius 2 is 1.83 bits per heavy atom. The van der Waals surface area contributed by atoms with E-state index in [0.717, 1.165) is 11.1 Å². The molecule has 180 valence electrons. The van der Waals surface area contributed by atoms with Gasteiger partial charge < -0.3 is 10.1 Å². The van der Waals surface area contributed by atoms with Gasteiger partial charge in [0, 0.05) is 36.5 Å². The first-order valence-corrected chi connectivity index (χ1v) is 11.1. The smallest absolute Gasteiger partial charge is 0.274 e. The maximum atomic E-state index is 15.0. The molecule has 0 aliphatic carbocycles. The van der Waals surface area contributed by atoms with Gasteiger partial charge in [0.05, 0.1) is 18.4 Å². The van der Waals surface area contributed by atoms with E-state index < -0.39 is 17.5 Å². The maximum absolute atomic E-state index is 15.0. The van der Waals surface area contributed by atoms with Crippen LogP contribution in [0.5, 0.6) is 5.75 Å². The van der Waals surface area contributed by atoms with Crippen LogP contribution in [0.3, 0.4) is 0 Å². The van der Waals surface area contributed by atoms with E-state index in [4.69, 9.17) is 4.74 Å². The molecule has 5 rings (SSSR count). The molecule has 0 atom stereocenters. The van der Waals surface area contributed by atoms with E-state index in [1.54, 1.807) is 19.3 Å². The predicted octanol–water partition coefficient (Wildman–Crippen LogP) is 5.54. The molecule has 1 N–H and O–H groups in total. The summed E-state index contributed by atoms with van der Waals surface area (Å²) in [4.78, 5) is 21.7. The molecule has 5 aromatic rings. The molecular weight excluding hydrogens is 464 g/mol. The van der Waals surface area contributed by atoms with Gasteiger partial charge in [0.1, 0.15) is 22.8 Å². The highest BCUT2D eigenvalue weighted by molar-refractivity contribution is 6.10. The number of ether oxygens (including phenoxy) is 1. The molecule has 0 aliphatic heterocycles. The molecule has 2 heterocycles. The van der Waals surface area contributed by atoms with Crippen LogP contribution in [0.4, 0.5) is 14.5 Å². The minimum atomic E-state index is -0.605. The molecule has 2 aromatic heterocycles. The summed E-state index contributed by atoms with van der Waals surface area (Å²) < 4.78 is 36.3. The number of halogens is 2. The Balaban J connectivity index is 1.61. The minimum absolute atomic E-state index is 0.00869. The number of hydrogen-bond acceptors (Lipinski definition) is 5. The molecule has 0 aliphatic rings. The van der Waals surface area contributed by atoms with Crippen LogP contribution in [0.15, 0.2) is 67.0 Å². The van der Waals surface area contributed by atoms with Crippen LogP contribution >= 0.6 is 0 Å². The number of methoxy groups -OCH3 is 1. The first-order chi connectivity index (χ1) is 17.4. The average molecular weight is 485 g/mol. The molecule has 1 amide bonds. The second kappa shape index (κ2) is 9.18. The second-order valence-corrected chi connectivity index (χ2v) is 8.20. The number of carbonyl (C=O) groups is 1. The number of benzene rings is 3. The SMILES string of the molecule is COc1cccc(F)c1-c1nccc(C(=O)Nc2cc(F)c3nn(C)cc3c2-c2ccccc2C)n1. The van der Waals surface area contributed by atoms with E-state index in [9.17, 15) is 9.18 Å². The summed E-state index contributed by atoms with van der Waals surface area (Å²) in [6.07, 6.45) is 3.07. The number of anilines is 1. The van der Waals surface area contributed by atoms with Gasteiger partial charge >= 0.3 is 0 Å². The largest absolute Gasteiger partial charge is 0.496 e. The zero-order chi connectivity index (χ0) is 25.4. The van der Waals surface area contributed by atoms with Crippen LogP contribution in [0.1, 0.15) is 16.1 Å².